The number of hydrogen-bond acceptors (Lipinski definition) is 2. The Morgan fingerprint density at radius 1 is 1.21 bits per heavy atom. The highest BCUT2D eigenvalue weighted by Crippen LogP contribution is 2.36. The molecule has 6 heteroatoms. The highest BCUT2D eigenvalue weighted by atomic mass is 19.4. The molecule has 2 aromatic rings. The standard InChI is InChI=1S/C18H19F3N2O/c1-2-13-8-9-17(24-18(19,20)21)16(10-13)14-11-22-23(12-14)15-6-4-3-5-7-15/h2,8-12,15H,1,3-7H2. The van der Waals surface area contributed by atoms with Crippen LogP contribution in [-0.4, -0.2) is 16.1 Å². The van der Waals surface area contributed by atoms with Gasteiger partial charge in [0.15, 0.2) is 0 Å². The second-order valence-corrected chi connectivity index (χ2v) is 6.01. The third-order valence-electron chi connectivity index (χ3n) is 4.33. The van der Waals surface area contributed by atoms with Crippen molar-refractivity contribution in [3.8, 4) is 16.9 Å². The molecule has 0 aliphatic heterocycles. The maximum Gasteiger partial charge on any atom is 0.573 e. The minimum absolute atomic E-state index is 0.226. The number of benzene rings is 1. The molecule has 1 fully saturated rings. The van der Waals surface area contributed by atoms with Crippen LogP contribution in [0.25, 0.3) is 17.2 Å². The summed E-state index contributed by atoms with van der Waals surface area (Å²) in [4.78, 5) is 0. The topological polar surface area (TPSA) is 27.1 Å². The molecule has 0 amide bonds. The van der Waals surface area contributed by atoms with Gasteiger partial charge in [-0.05, 0) is 30.5 Å². The molecule has 0 spiro atoms. The SMILES string of the molecule is C=Cc1ccc(OC(F)(F)F)c(-c2cnn(C3CCCCC3)c2)c1. The van der Waals surface area contributed by atoms with E-state index in [1.807, 2.05) is 4.68 Å². The first-order valence-corrected chi connectivity index (χ1v) is 8.03. The van der Waals surface area contributed by atoms with Crippen molar-refractivity contribution in [3.05, 3.63) is 42.7 Å². The molecule has 1 aliphatic carbocycles. The summed E-state index contributed by atoms with van der Waals surface area (Å²) in [5, 5.41) is 4.36. The molecule has 0 unspecified atom stereocenters. The molecule has 3 rings (SSSR count). The van der Waals surface area contributed by atoms with Crippen LogP contribution in [0.15, 0.2) is 37.2 Å². The molecule has 3 nitrogen and oxygen atoms in total. The molecule has 1 saturated carbocycles. The molecule has 0 radical (unpaired) electrons. The lowest BCUT2D eigenvalue weighted by Crippen LogP contribution is -2.17. The maximum absolute atomic E-state index is 12.7. The van der Waals surface area contributed by atoms with Crippen LogP contribution in [0.1, 0.15) is 43.7 Å². The lowest BCUT2D eigenvalue weighted by Gasteiger charge is -2.21. The van der Waals surface area contributed by atoms with E-state index < -0.39 is 6.36 Å². The van der Waals surface area contributed by atoms with Gasteiger partial charge in [-0.3, -0.25) is 4.68 Å². The summed E-state index contributed by atoms with van der Waals surface area (Å²) in [6.45, 7) is 3.66. The monoisotopic (exact) mass is 336 g/mol. The molecule has 0 atom stereocenters. The molecule has 1 aliphatic rings. The van der Waals surface area contributed by atoms with Crippen LogP contribution >= 0.6 is 0 Å². The average Bonchev–Trinajstić information content (AvgIpc) is 3.04. The van der Waals surface area contributed by atoms with Gasteiger partial charge in [0.25, 0.3) is 0 Å². The molecular formula is C18H19F3N2O. The van der Waals surface area contributed by atoms with Crippen molar-refractivity contribution in [2.45, 2.75) is 44.5 Å². The first-order chi connectivity index (χ1) is 11.5. The van der Waals surface area contributed by atoms with Crippen molar-refractivity contribution in [2.75, 3.05) is 0 Å². The van der Waals surface area contributed by atoms with E-state index in [1.54, 1.807) is 30.6 Å². The van der Waals surface area contributed by atoms with Crippen LogP contribution in [-0.2, 0) is 0 Å². The molecule has 24 heavy (non-hydrogen) atoms. The average molecular weight is 336 g/mol. The number of hydrogen-bond donors (Lipinski definition) is 0. The third kappa shape index (κ3) is 3.80. The second kappa shape index (κ2) is 6.71. The van der Waals surface area contributed by atoms with Crippen molar-refractivity contribution in [3.63, 3.8) is 0 Å². The smallest absolute Gasteiger partial charge is 0.405 e. The Bertz CT molecular complexity index is 715. The number of ether oxygens (including phenoxy) is 1. The highest BCUT2D eigenvalue weighted by Gasteiger charge is 2.32. The number of rotatable bonds is 4. The number of aromatic nitrogens is 2. The van der Waals surface area contributed by atoms with Crippen molar-refractivity contribution in [1.29, 1.82) is 0 Å². The van der Waals surface area contributed by atoms with Crippen LogP contribution in [0.2, 0.25) is 0 Å². The van der Waals surface area contributed by atoms with Crippen LogP contribution in [0.3, 0.4) is 0 Å². The van der Waals surface area contributed by atoms with E-state index >= 15 is 0 Å². The summed E-state index contributed by atoms with van der Waals surface area (Å²) in [6, 6.07) is 4.82. The Hall–Kier alpha value is -2.24. The zero-order valence-electron chi connectivity index (χ0n) is 13.2. The highest BCUT2D eigenvalue weighted by molar-refractivity contribution is 5.72. The Morgan fingerprint density at radius 3 is 2.62 bits per heavy atom. The summed E-state index contributed by atoms with van der Waals surface area (Å²) in [7, 11) is 0. The normalized spacial score (nSPS) is 16.1. The van der Waals surface area contributed by atoms with Gasteiger partial charge >= 0.3 is 6.36 Å². The Morgan fingerprint density at radius 2 is 1.96 bits per heavy atom. The second-order valence-electron chi connectivity index (χ2n) is 6.01. The van der Waals surface area contributed by atoms with E-state index in [4.69, 9.17) is 0 Å². The lowest BCUT2D eigenvalue weighted by atomic mass is 9.96. The predicted molar refractivity (Wildman–Crippen MR) is 86.6 cm³/mol. The van der Waals surface area contributed by atoms with Gasteiger partial charge < -0.3 is 4.74 Å². The molecule has 0 N–H and O–H groups in total. The molecule has 128 valence electrons. The van der Waals surface area contributed by atoms with Crippen molar-refractivity contribution >= 4 is 6.08 Å². The third-order valence-corrected chi connectivity index (χ3v) is 4.33. The van der Waals surface area contributed by atoms with E-state index in [9.17, 15) is 13.2 Å². The summed E-state index contributed by atoms with van der Waals surface area (Å²) in [5.74, 6) is -0.226. The summed E-state index contributed by atoms with van der Waals surface area (Å²) in [6.07, 6.45) is 5.93. The number of halogens is 3. The van der Waals surface area contributed by atoms with Gasteiger partial charge in [0, 0.05) is 17.3 Å². The van der Waals surface area contributed by atoms with Gasteiger partial charge in [0.05, 0.1) is 12.2 Å². The fraction of sp³-hybridized carbons (Fsp3) is 0.389. The first-order valence-electron chi connectivity index (χ1n) is 8.03. The zero-order valence-corrected chi connectivity index (χ0v) is 13.2. The van der Waals surface area contributed by atoms with Gasteiger partial charge in [-0.1, -0.05) is 38.0 Å². The quantitative estimate of drug-likeness (QED) is 0.727. The van der Waals surface area contributed by atoms with Crippen LogP contribution < -0.4 is 4.74 Å². The Labute approximate surface area is 138 Å². The first kappa shape index (κ1) is 16.6. The molecule has 1 aromatic carbocycles. The summed E-state index contributed by atoms with van der Waals surface area (Å²) >= 11 is 0. The van der Waals surface area contributed by atoms with Crippen LogP contribution in [0.5, 0.6) is 5.75 Å². The minimum atomic E-state index is -4.73. The molecule has 1 aromatic heterocycles. The fourth-order valence-electron chi connectivity index (χ4n) is 3.14. The predicted octanol–water partition coefficient (Wildman–Crippen LogP) is 5.60. The molecular weight excluding hydrogens is 317 g/mol. The van der Waals surface area contributed by atoms with Gasteiger partial charge in [-0.2, -0.15) is 5.10 Å². The fourth-order valence-corrected chi connectivity index (χ4v) is 3.14. The Kier molecular flexibility index (Phi) is 4.64. The van der Waals surface area contributed by atoms with E-state index in [1.165, 1.54) is 12.5 Å². The minimum Gasteiger partial charge on any atom is -0.405 e. The van der Waals surface area contributed by atoms with Gasteiger partial charge in [-0.25, -0.2) is 0 Å². The summed E-state index contributed by atoms with van der Waals surface area (Å²) < 4.78 is 44.0. The Balaban J connectivity index is 1.95. The van der Waals surface area contributed by atoms with Crippen LogP contribution in [0, 0.1) is 0 Å². The van der Waals surface area contributed by atoms with Gasteiger partial charge in [0.2, 0.25) is 0 Å². The lowest BCUT2D eigenvalue weighted by molar-refractivity contribution is -0.274. The number of nitrogens with zero attached hydrogens (tertiary/aromatic N) is 2. The van der Waals surface area contributed by atoms with Gasteiger partial charge in [0.1, 0.15) is 5.75 Å². The molecule has 0 saturated heterocycles. The van der Waals surface area contributed by atoms with Crippen molar-refractivity contribution in [1.82, 2.24) is 9.78 Å². The van der Waals surface area contributed by atoms with E-state index in [0.29, 0.717) is 17.2 Å². The van der Waals surface area contributed by atoms with E-state index in [0.717, 1.165) is 31.2 Å². The summed E-state index contributed by atoms with van der Waals surface area (Å²) in [5.41, 5.74) is 1.71. The van der Waals surface area contributed by atoms with Crippen molar-refractivity contribution in [2.24, 2.45) is 0 Å². The molecule has 0 bridgehead atoms. The molecule has 1 heterocycles. The zero-order chi connectivity index (χ0) is 17.2. The van der Waals surface area contributed by atoms with Crippen molar-refractivity contribution < 1.29 is 17.9 Å². The maximum atomic E-state index is 12.7. The van der Waals surface area contributed by atoms with Gasteiger partial charge in [-0.15, -0.1) is 13.2 Å². The van der Waals surface area contributed by atoms with E-state index in [2.05, 4.69) is 16.4 Å². The largest absolute Gasteiger partial charge is 0.573 e. The van der Waals surface area contributed by atoms with Crippen LogP contribution in [0.4, 0.5) is 13.2 Å². The number of alkyl halides is 3. The van der Waals surface area contributed by atoms with E-state index in [-0.39, 0.29) is 5.75 Å².